The maximum Gasteiger partial charge on any atom is 0.573 e. The predicted molar refractivity (Wildman–Crippen MR) is 145 cm³/mol. The molecule has 1 N–H and O–H groups in total. The molecule has 2 heterocycles. The number of para-hydroxylation sites is 1. The minimum Gasteiger partial charge on any atom is -0.494 e. The van der Waals surface area contributed by atoms with Crippen molar-refractivity contribution in [2.45, 2.75) is 31.6 Å². The number of hydrogen-bond acceptors (Lipinski definition) is 10. The van der Waals surface area contributed by atoms with E-state index in [1.54, 1.807) is 37.5 Å². The Kier molecular flexibility index (Phi) is 8.86. The molecule has 0 amide bonds. The van der Waals surface area contributed by atoms with Gasteiger partial charge in [0.1, 0.15) is 34.3 Å². The fourth-order valence-corrected chi connectivity index (χ4v) is 5.18. The van der Waals surface area contributed by atoms with Crippen molar-refractivity contribution in [2.24, 2.45) is 0 Å². The average molecular weight is 609 g/mol. The van der Waals surface area contributed by atoms with E-state index in [2.05, 4.69) is 29.6 Å². The molecule has 12 nitrogen and oxygen atoms in total. The quantitative estimate of drug-likeness (QED) is 0.259. The Morgan fingerprint density at radius 1 is 0.929 bits per heavy atom. The van der Waals surface area contributed by atoms with Crippen LogP contribution in [0.5, 0.6) is 17.2 Å². The summed E-state index contributed by atoms with van der Waals surface area (Å²) in [5, 5.41) is 7.01. The fraction of sp³-hybridized carbons (Fsp3) is 0.308. The minimum atomic E-state index is -4.88. The summed E-state index contributed by atoms with van der Waals surface area (Å²) >= 11 is 0. The molecule has 0 unspecified atom stereocenters. The molecule has 42 heavy (non-hydrogen) atoms. The summed E-state index contributed by atoms with van der Waals surface area (Å²) in [6.07, 6.45) is -2.83. The number of benzene rings is 2. The maximum atomic E-state index is 13.6. The smallest absolute Gasteiger partial charge is 0.494 e. The molecule has 4 aromatic rings. The Bertz CT molecular complexity index is 1610. The van der Waals surface area contributed by atoms with Gasteiger partial charge in [-0.3, -0.25) is 9.29 Å². The van der Waals surface area contributed by atoms with Crippen LogP contribution in [0.15, 0.2) is 54.9 Å². The van der Waals surface area contributed by atoms with E-state index in [0.717, 1.165) is 17.7 Å². The average Bonchev–Trinajstić information content (AvgIpc) is 3.35. The van der Waals surface area contributed by atoms with Crippen LogP contribution in [0.1, 0.15) is 24.4 Å². The minimum absolute atomic E-state index is 0.0619. The van der Waals surface area contributed by atoms with Gasteiger partial charge in [-0.05, 0) is 55.8 Å². The number of sulfonamides is 1. The second-order valence-electron chi connectivity index (χ2n) is 8.89. The van der Waals surface area contributed by atoms with Crippen molar-refractivity contribution in [1.29, 1.82) is 0 Å². The summed E-state index contributed by atoms with van der Waals surface area (Å²) in [4.78, 5) is 8.40. The van der Waals surface area contributed by atoms with Crippen molar-refractivity contribution in [3.8, 4) is 34.3 Å². The highest BCUT2D eigenvalue weighted by Crippen LogP contribution is 2.38. The van der Waals surface area contributed by atoms with Gasteiger partial charge < -0.3 is 18.9 Å². The highest BCUT2D eigenvalue weighted by molar-refractivity contribution is 7.93. The third-order valence-electron chi connectivity index (χ3n) is 6.09. The molecule has 0 aliphatic carbocycles. The molecule has 0 fully saturated rings. The number of hydrogen-bond donors (Lipinski definition) is 1. The van der Waals surface area contributed by atoms with Gasteiger partial charge in [-0.2, -0.15) is 0 Å². The Morgan fingerprint density at radius 2 is 1.52 bits per heavy atom. The number of nitrogens with one attached hydrogen (secondary N) is 1. The molecular formula is C26H27F3N6O6S. The summed E-state index contributed by atoms with van der Waals surface area (Å²) in [6, 6.07) is 9.71. The van der Waals surface area contributed by atoms with E-state index in [0.29, 0.717) is 0 Å². The van der Waals surface area contributed by atoms with Crippen LogP contribution in [-0.2, 0) is 14.8 Å². The molecular weight excluding hydrogens is 581 g/mol. The van der Waals surface area contributed by atoms with Crippen LogP contribution in [0, 0.1) is 6.92 Å². The monoisotopic (exact) mass is 608 g/mol. The molecule has 2 aromatic carbocycles. The SMILES string of the molecule is COc1cccc(OC)c1-n1c(NS(=O)(=O)[C@@H](C)[C@H](OC)c2ncc(C)cn2)nnc1-c1ccc(OC(F)(F)F)cc1. The van der Waals surface area contributed by atoms with Gasteiger partial charge in [0.15, 0.2) is 11.6 Å². The van der Waals surface area contributed by atoms with Crippen molar-refractivity contribution < 1.29 is 40.5 Å². The number of methoxy groups -OCH3 is 3. The van der Waals surface area contributed by atoms with Crippen molar-refractivity contribution in [1.82, 2.24) is 24.7 Å². The highest BCUT2D eigenvalue weighted by Gasteiger charge is 2.35. The molecule has 0 bridgehead atoms. The van der Waals surface area contributed by atoms with E-state index >= 15 is 0 Å². The van der Waals surface area contributed by atoms with E-state index in [9.17, 15) is 21.6 Å². The van der Waals surface area contributed by atoms with E-state index in [-0.39, 0.29) is 40.3 Å². The van der Waals surface area contributed by atoms with Gasteiger partial charge in [-0.25, -0.2) is 18.4 Å². The van der Waals surface area contributed by atoms with E-state index in [1.165, 1.54) is 45.0 Å². The van der Waals surface area contributed by atoms with Gasteiger partial charge in [0, 0.05) is 25.1 Å². The molecule has 0 aliphatic rings. The fourth-order valence-electron chi connectivity index (χ4n) is 4.05. The van der Waals surface area contributed by atoms with Crippen LogP contribution in [-0.4, -0.2) is 66.1 Å². The Labute approximate surface area is 239 Å². The largest absolute Gasteiger partial charge is 0.573 e. The molecule has 0 saturated carbocycles. The molecule has 0 spiro atoms. The summed E-state index contributed by atoms with van der Waals surface area (Å²) in [7, 11) is -0.104. The van der Waals surface area contributed by atoms with Crippen molar-refractivity contribution in [2.75, 3.05) is 26.1 Å². The van der Waals surface area contributed by atoms with Crippen LogP contribution in [0.3, 0.4) is 0 Å². The molecule has 4 rings (SSSR count). The standard InChI is InChI=1S/C26H27F3N6O6S/c1-15-13-30-23(31-14-15)22(40-5)16(2)42(36,37)34-25-33-32-24(17-9-11-18(12-10-17)41-26(27,28)29)35(25)21-19(38-3)7-6-8-20(21)39-4/h6-14,16,22H,1-5H3,(H,33,34)/t16-,22-/m0/s1. The lowest BCUT2D eigenvalue weighted by Crippen LogP contribution is -2.33. The van der Waals surface area contributed by atoms with Crippen LogP contribution in [0.4, 0.5) is 19.1 Å². The van der Waals surface area contributed by atoms with Gasteiger partial charge in [0.2, 0.25) is 16.0 Å². The second kappa shape index (κ2) is 12.2. The van der Waals surface area contributed by atoms with E-state index in [4.69, 9.17) is 14.2 Å². The Hall–Kier alpha value is -4.44. The van der Waals surface area contributed by atoms with Crippen LogP contribution >= 0.6 is 0 Å². The summed E-state index contributed by atoms with van der Waals surface area (Å²) in [5.74, 6) is 0.0517. The van der Waals surface area contributed by atoms with Crippen LogP contribution in [0.25, 0.3) is 17.1 Å². The third-order valence-corrected chi connectivity index (χ3v) is 7.79. The maximum absolute atomic E-state index is 13.6. The first-order valence-electron chi connectivity index (χ1n) is 12.2. The topological polar surface area (TPSA) is 140 Å². The number of aromatic nitrogens is 5. The van der Waals surface area contributed by atoms with E-state index < -0.39 is 33.5 Å². The van der Waals surface area contributed by atoms with Crippen LogP contribution in [0.2, 0.25) is 0 Å². The third kappa shape index (κ3) is 6.54. The van der Waals surface area contributed by atoms with Gasteiger partial charge in [0.05, 0.1) is 14.2 Å². The van der Waals surface area contributed by atoms with Gasteiger partial charge >= 0.3 is 6.36 Å². The lowest BCUT2D eigenvalue weighted by molar-refractivity contribution is -0.274. The number of nitrogens with zero attached hydrogens (tertiary/aromatic N) is 5. The first-order valence-corrected chi connectivity index (χ1v) is 13.8. The first-order chi connectivity index (χ1) is 19.9. The molecule has 2 aromatic heterocycles. The summed E-state index contributed by atoms with van der Waals surface area (Å²) < 4.78 is 89.6. The number of aryl methyl sites for hydroxylation is 1. The second-order valence-corrected chi connectivity index (χ2v) is 10.9. The molecule has 2 atom stereocenters. The zero-order valence-electron chi connectivity index (χ0n) is 23.1. The number of rotatable bonds is 11. The first kappa shape index (κ1) is 30.5. The lowest BCUT2D eigenvalue weighted by atomic mass is 10.2. The van der Waals surface area contributed by atoms with Crippen LogP contribution < -0.4 is 18.9 Å². The van der Waals surface area contributed by atoms with Gasteiger partial charge in [0.25, 0.3) is 0 Å². The molecule has 0 saturated heterocycles. The zero-order valence-corrected chi connectivity index (χ0v) is 23.9. The molecule has 16 heteroatoms. The number of ether oxygens (including phenoxy) is 4. The molecule has 0 radical (unpaired) electrons. The Balaban J connectivity index is 1.82. The van der Waals surface area contributed by atoms with E-state index in [1.807, 2.05) is 0 Å². The normalized spacial score (nSPS) is 13.3. The molecule has 224 valence electrons. The highest BCUT2D eigenvalue weighted by atomic mass is 32.2. The predicted octanol–water partition coefficient (Wildman–Crippen LogP) is 4.47. The molecule has 0 aliphatic heterocycles. The summed E-state index contributed by atoms with van der Waals surface area (Å²) in [6.45, 7) is 3.21. The lowest BCUT2D eigenvalue weighted by Gasteiger charge is -2.23. The van der Waals surface area contributed by atoms with Crippen molar-refractivity contribution in [3.05, 3.63) is 66.2 Å². The van der Waals surface area contributed by atoms with Crippen molar-refractivity contribution >= 4 is 16.0 Å². The Morgan fingerprint density at radius 3 is 2.05 bits per heavy atom. The number of halogens is 3. The van der Waals surface area contributed by atoms with Gasteiger partial charge in [-0.15, -0.1) is 23.4 Å². The zero-order chi connectivity index (χ0) is 30.7. The number of alkyl halides is 3. The van der Waals surface area contributed by atoms with Gasteiger partial charge in [-0.1, -0.05) is 6.07 Å². The van der Waals surface area contributed by atoms with Crippen molar-refractivity contribution in [3.63, 3.8) is 0 Å². The number of anilines is 1. The summed E-state index contributed by atoms with van der Waals surface area (Å²) in [5.41, 5.74) is 1.30.